The van der Waals surface area contributed by atoms with E-state index in [9.17, 15) is 32.3 Å². The summed E-state index contributed by atoms with van der Waals surface area (Å²) in [7, 11) is 0. The Kier molecular flexibility index (Phi) is 6.25. The number of hydrogen-bond donors (Lipinski definition) is 1. The van der Waals surface area contributed by atoms with Gasteiger partial charge in [0.25, 0.3) is 0 Å². The van der Waals surface area contributed by atoms with Gasteiger partial charge in [0.2, 0.25) is 5.91 Å². The molecule has 33 heavy (non-hydrogen) atoms. The number of carbonyl (C=O) groups excluding carboxylic acids is 1. The molecular formula is C20H15Cl2F4N3O3S. The first-order valence-electron chi connectivity index (χ1n) is 9.67. The van der Waals surface area contributed by atoms with E-state index in [1.54, 1.807) is 0 Å². The van der Waals surface area contributed by atoms with E-state index in [1.807, 2.05) is 0 Å². The van der Waals surface area contributed by atoms with Gasteiger partial charge in [-0.3, -0.25) is 9.78 Å². The lowest BCUT2D eigenvalue weighted by Gasteiger charge is -2.26. The summed E-state index contributed by atoms with van der Waals surface area (Å²) in [5.74, 6) is -2.54. The largest absolute Gasteiger partial charge is 0.480 e. The van der Waals surface area contributed by atoms with Gasteiger partial charge in [0.1, 0.15) is 16.9 Å². The van der Waals surface area contributed by atoms with E-state index in [-0.39, 0.29) is 33.7 Å². The molecule has 1 amide bonds. The number of aliphatic carboxylic acids is 1. The number of carbonyl (C=O) groups is 2. The zero-order valence-electron chi connectivity index (χ0n) is 16.6. The summed E-state index contributed by atoms with van der Waals surface area (Å²) < 4.78 is 53.0. The first-order valence-corrected chi connectivity index (χ1v) is 11.3. The van der Waals surface area contributed by atoms with Gasteiger partial charge < -0.3 is 10.0 Å². The Balaban J connectivity index is 1.55. The fourth-order valence-corrected chi connectivity index (χ4v) is 5.44. The van der Waals surface area contributed by atoms with Crippen LogP contribution in [0.2, 0.25) is 10.0 Å². The van der Waals surface area contributed by atoms with Crippen LogP contribution in [0.5, 0.6) is 0 Å². The molecule has 0 aromatic carbocycles. The van der Waals surface area contributed by atoms with E-state index < -0.39 is 46.1 Å². The van der Waals surface area contributed by atoms with Crippen LogP contribution in [-0.4, -0.2) is 49.7 Å². The van der Waals surface area contributed by atoms with Crippen LogP contribution in [0.15, 0.2) is 29.6 Å². The van der Waals surface area contributed by atoms with Crippen LogP contribution in [0.3, 0.4) is 0 Å². The number of carboxylic acids is 1. The molecule has 2 aliphatic rings. The third-order valence-corrected chi connectivity index (χ3v) is 7.47. The number of likely N-dealkylation sites (tertiary alicyclic amines) is 1. The van der Waals surface area contributed by atoms with Crippen molar-refractivity contribution >= 4 is 46.8 Å². The number of pyridine rings is 2. The number of hydrogen-bond acceptors (Lipinski definition) is 5. The van der Waals surface area contributed by atoms with Crippen molar-refractivity contribution in [1.82, 2.24) is 14.9 Å². The number of amides is 1. The lowest BCUT2D eigenvalue weighted by atomic mass is 9.98. The minimum absolute atomic E-state index is 0.0174. The molecule has 2 aromatic heterocycles. The lowest BCUT2D eigenvalue weighted by molar-refractivity contribution is -0.149. The maximum atomic E-state index is 14.5. The van der Waals surface area contributed by atoms with Gasteiger partial charge in [-0.1, -0.05) is 35.0 Å². The molecule has 6 nitrogen and oxygen atoms in total. The predicted molar refractivity (Wildman–Crippen MR) is 112 cm³/mol. The Morgan fingerprint density at radius 2 is 1.88 bits per heavy atom. The molecule has 0 radical (unpaired) electrons. The maximum absolute atomic E-state index is 14.5. The summed E-state index contributed by atoms with van der Waals surface area (Å²) in [6.07, 6.45) is -2.09. The molecule has 1 aliphatic heterocycles. The maximum Gasteiger partial charge on any atom is 0.417 e. The highest BCUT2D eigenvalue weighted by molar-refractivity contribution is 8.00. The summed E-state index contributed by atoms with van der Waals surface area (Å²) in [6.45, 7) is -0.0174. The average molecular weight is 524 g/mol. The van der Waals surface area contributed by atoms with Crippen LogP contribution in [-0.2, 0) is 21.2 Å². The second-order valence-electron chi connectivity index (χ2n) is 7.86. The summed E-state index contributed by atoms with van der Waals surface area (Å²) in [4.78, 5) is 34.1. The van der Waals surface area contributed by atoms with Gasteiger partial charge in [0, 0.05) is 24.2 Å². The molecule has 0 spiro atoms. The van der Waals surface area contributed by atoms with E-state index in [0.29, 0.717) is 19.0 Å². The van der Waals surface area contributed by atoms with Crippen molar-refractivity contribution in [3.05, 3.63) is 51.6 Å². The molecular weight excluding hydrogens is 509 g/mol. The van der Waals surface area contributed by atoms with E-state index >= 15 is 0 Å². The summed E-state index contributed by atoms with van der Waals surface area (Å²) >= 11 is 12.7. The van der Waals surface area contributed by atoms with Crippen molar-refractivity contribution in [3.63, 3.8) is 0 Å². The molecule has 1 aliphatic carbocycles. The van der Waals surface area contributed by atoms with Crippen LogP contribution in [0.4, 0.5) is 17.6 Å². The van der Waals surface area contributed by atoms with Crippen LogP contribution < -0.4 is 0 Å². The van der Waals surface area contributed by atoms with Gasteiger partial charge in [0.05, 0.1) is 26.7 Å². The molecule has 1 saturated carbocycles. The quantitative estimate of drug-likeness (QED) is 0.565. The predicted octanol–water partition coefficient (Wildman–Crippen LogP) is 4.82. The van der Waals surface area contributed by atoms with Crippen LogP contribution in [0.1, 0.15) is 30.5 Å². The monoisotopic (exact) mass is 523 g/mol. The average Bonchev–Trinajstić information content (AvgIpc) is 3.41. The van der Waals surface area contributed by atoms with E-state index in [2.05, 4.69) is 9.97 Å². The fourth-order valence-electron chi connectivity index (χ4n) is 3.88. The molecule has 176 valence electrons. The summed E-state index contributed by atoms with van der Waals surface area (Å²) in [5.41, 5.74) is -2.34. The Morgan fingerprint density at radius 1 is 1.18 bits per heavy atom. The highest BCUT2D eigenvalue weighted by Crippen LogP contribution is 2.51. The van der Waals surface area contributed by atoms with Gasteiger partial charge in [0.15, 0.2) is 0 Å². The first-order chi connectivity index (χ1) is 15.4. The lowest BCUT2D eigenvalue weighted by Crippen LogP contribution is -2.46. The topological polar surface area (TPSA) is 83.4 Å². The minimum atomic E-state index is -4.60. The van der Waals surface area contributed by atoms with Crippen molar-refractivity contribution in [1.29, 1.82) is 0 Å². The van der Waals surface area contributed by atoms with Gasteiger partial charge in [-0.25, -0.2) is 14.2 Å². The van der Waals surface area contributed by atoms with E-state index in [1.165, 1.54) is 11.1 Å². The SMILES string of the molecule is O=C(O)[C@@H]1C[C@@H](Sc2ncc(C(F)(F)F)cc2Cl)CN1C(=O)C1(c2ncc(Cl)cc2F)CC1. The number of thioether (sulfide) groups is 1. The smallest absolute Gasteiger partial charge is 0.417 e. The molecule has 4 rings (SSSR count). The molecule has 13 heteroatoms. The van der Waals surface area contributed by atoms with Crippen molar-refractivity contribution < 1.29 is 32.3 Å². The zero-order chi connectivity index (χ0) is 24.1. The van der Waals surface area contributed by atoms with E-state index in [0.717, 1.165) is 23.9 Å². The summed E-state index contributed by atoms with van der Waals surface area (Å²) in [5, 5.41) is 9.12. The molecule has 0 unspecified atom stereocenters. The number of carboxylic acid groups (broad SMARTS) is 1. The molecule has 3 heterocycles. The minimum Gasteiger partial charge on any atom is -0.480 e. The number of halogens is 6. The third kappa shape index (κ3) is 4.63. The second kappa shape index (κ2) is 8.59. The molecule has 1 saturated heterocycles. The summed E-state index contributed by atoms with van der Waals surface area (Å²) in [6, 6.07) is 0.612. The zero-order valence-corrected chi connectivity index (χ0v) is 18.9. The van der Waals surface area contributed by atoms with Crippen molar-refractivity contribution in [2.24, 2.45) is 0 Å². The number of rotatable bonds is 5. The Bertz CT molecular complexity index is 1130. The molecule has 1 N–H and O–H groups in total. The first kappa shape index (κ1) is 24.0. The van der Waals surface area contributed by atoms with E-state index in [4.69, 9.17) is 23.2 Å². The standard InChI is InChI=1S/C20H15Cl2F4N3O3S/c21-10-4-13(23)15(27-7-10)19(1-2-19)18(32)29-8-11(5-14(29)17(30)31)33-16-12(22)3-9(6-28-16)20(24,25)26/h3-4,6-7,11,14H,1-2,5,8H2,(H,30,31)/t11-,14+/m1/s1. The van der Waals surface area contributed by atoms with Crippen molar-refractivity contribution in [2.45, 2.75) is 47.2 Å². The second-order valence-corrected chi connectivity index (χ2v) is 9.99. The normalized spacial score (nSPS) is 21.8. The highest BCUT2D eigenvalue weighted by Gasteiger charge is 2.58. The third-order valence-electron chi connectivity index (χ3n) is 5.64. The molecule has 2 aromatic rings. The Morgan fingerprint density at radius 3 is 2.42 bits per heavy atom. The fraction of sp³-hybridized carbons (Fsp3) is 0.400. The van der Waals surface area contributed by atoms with Crippen LogP contribution in [0.25, 0.3) is 0 Å². The molecule has 2 fully saturated rings. The Labute approximate surface area is 199 Å². The Hall–Kier alpha value is -2.11. The van der Waals surface area contributed by atoms with Gasteiger partial charge in [-0.05, 0) is 31.4 Å². The van der Waals surface area contributed by atoms with Crippen molar-refractivity contribution in [3.8, 4) is 0 Å². The number of aromatic nitrogens is 2. The van der Waals surface area contributed by atoms with Crippen LogP contribution >= 0.6 is 35.0 Å². The molecule has 0 bridgehead atoms. The number of alkyl halides is 3. The van der Waals surface area contributed by atoms with Crippen LogP contribution in [0, 0.1) is 5.82 Å². The van der Waals surface area contributed by atoms with Gasteiger partial charge >= 0.3 is 12.1 Å². The number of nitrogens with zero attached hydrogens (tertiary/aromatic N) is 3. The molecule has 2 atom stereocenters. The van der Waals surface area contributed by atoms with Gasteiger partial charge in [-0.15, -0.1) is 0 Å². The highest BCUT2D eigenvalue weighted by atomic mass is 35.5. The van der Waals surface area contributed by atoms with Crippen molar-refractivity contribution in [2.75, 3.05) is 6.54 Å². The van der Waals surface area contributed by atoms with Gasteiger partial charge in [-0.2, -0.15) is 13.2 Å².